The van der Waals surface area contributed by atoms with Crippen molar-refractivity contribution in [2.75, 3.05) is 6.54 Å². The first-order valence-corrected chi connectivity index (χ1v) is 8.46. The van der Waals surface area contributed by atoms with E-state index >= 15 is 0 Å². The summed E-state index contributed by atoms with van der Waals surface area (Å²) < 4.78 is 0. The van der Waals surface area contributed by atoms with E-state index in [4.69, 9.17) is 5.73 Å². The fourth-order valence-electron chi connectivity index (χ4n) is 2.80. The number of benzene rings is 1. The third kappa shape index (κ3) is 3.94. The summed E-state index contributed by atoms with van der Waals surface area (Å²) in [6, 6.07) is 11.7. The van der Waals surface area contributed by atoms with E-state index in [2.05, 4.69) is 68.3 Å². The number of nitrogens with two attached hydrogens (primary N) is 1. The minimum Gasteiger partial charge on any atom is -0.329 e. The molecular formula is C18H26N2S. The predicted octanol–water partition coefficient (Wildman–Crippen LogP) is 4.28. The number of nitrogens with zero attached hydrogens (tertiary/aromatic N) is 1. The van der Waals surface area contributed by atoms with Crippen LogP contribution in [0.5, 0.6) is 0 Å². The van der Waals surface area contributed by atoms with Crippen molar-refractivity contribution in [2.45, 2.75) is 46.3 Å². The molecule has 1 aromatic heterocycles. The lowest BCUT2D eigenvalue weighted by Crippen LogP contribution is -2.38. The van der Waals surface area contributed by atoms with E-state index in [0.29, 0.717) is 12.6 Å². The van der Waals surface area contributed by atoms with Gasteiger partial charge in [-0.2, -0.15) is 0 Å². The van der Waals surface area contributed by atoms with Gasteiger partial charge in [-0.25, -0.2) is 0 Å². The molecule has 1 heterocycles. The van der Waals surface area contributed by atoms with Gasteiger partial charge in [0.1, 0.15) is 0 Å². The molecular weight excluding hydrogens is 276 g/mol. The van der Waals surface area contributed by atoms with Crippen LogP contribution >= 0.6 is 11.3 Å². The van der Waals surface area contributed by atoms with Crippen LogP contribution in [0.15, 0.2) is 35.7 Å². The van der Waals surface area contributed by atoms with Gasteiger partial charge in [0.15, 0.2) is 0 Å². The van der Waals surface area contributed by atoms with E-state index in [1.54, 1.807) is 0 Å². The van der Waals surface area contributed by atoms with E-state index in [0.717, 1.165) is 6.54 Å². The second kappa shape index (κ2) is 7.21. The normalized spacial score (nSPS) is 13.1. The van der Waals surface area contributed by atoms with Crippen LogP contribution in [0.25, 0.3) is 0 Å². The van der Waals surface area contributed by atoms with Crippen LogP contribution in [0.2, 0.25) is 0 Å². The molecule has 0 bridgehead atoms. The molecule has 0 aliphatic carbocycles. The highest BCUT2D eigenvalue weighted by Crippen LogP contribution is 2.28. The highest BCUT2D eigenvalue weighted by atomic mass is 32.1. The Morgan fingerprint density at radius 2 is 1.95 bits per heavy atom. The first-order chi connectivity index (χ1) is 10.0. The summed E-state index contributed by atoms with van der Waals surface area (Å²) in [7, 11) is 0. The first kappa shape index (κ1) is 16.2. The molecule has 0 saturated heterocycles. The Labute approximate surface area is 132 Å². The topological polar surface area (TPSA) is 29.3 Å². The second-order valence-electron chi connectivity index (χ2n) is 5.96. The summed E-state index contributed by atoms with van der Waals surface area (Å²) in [6.07, 6.45) is 0. The molecule has 0 saturated carbocycles. The summed E-state index contributed by atoms with van der Waals surface area (Å²) in [5, 5.41) is 2.14. The van der Waals surface area contributed by atoms with Gasteiger partial charge in [-0.15, -0.1) is 11.3 Å². The van der Waals surface area contributed by atoms with Gasteiger partial charge in [0.25, 0.3) is 0 Å². The van der Waals surface area contributed by atoms with E-state index in [1.807, 2.05) is 11.3 Å². The molecule has 2 rings (SSSR count). The molecule has 0 radical (unpaired) electrons. The molecule has 0 spiro atoms. The van der Waals surface area contributed by atoms with Gasteiger partial charge < -0.3 is 5.73 Å². The minimum absolute atomic E-state index is 0.270. The van der Waals surface area contributed by atoms with Crippen molar-refractivity contribution >= 4 is 11.3 Å². The molecule has 2 N–H and O–H groups in total. The summed E-state index contributed by atoms with van der Waals surface area (Å²) in [4.78, 5) is 3.90. The third-order valence-corrected chi connectivity index (χ3v) is 4.86. The molecule has 114 valence electrons. The zero-order chi connectivity index (χ0) is 15.4. The molecule has 1 aromatic carbocycles. The van der Waals surface area contributed by atoms with Crippen molar-refractivity contribution in [3.63, 3.8) is 0 Å². The average molecular weight is 302 g/mol. The first-order valence-electron chi connectivity index (χ1n) is 7.58. The Bertz CT molecular complexity index is 561. The summed E-state index contributed by atoms with van der Waals surface area (Å²) >= 11 is 1.82. The van der Waals surface area contributed by atoms with Gasteiger partial charge in [0.05, 0.1) is 0 Å². The lowest BCUT2D eigenvalue weighted by Gasteiger charge is -2.35. The lowest BCUT2D eigenvalue weighted by molar-refractivity contribution is 0.149. The largest absolute Gasteiger partial charge is 0.329 e. The van der Waals surface area contributed by atoms with Crippen LogP contribution in [0.1, 0.15) is 41.5 Å². The van der Waals surface area contributed by atoms with E-state index < -0.39 is 0 Å². The number of hydrogen-bond acceptors (Lipinski definition) is 3. The zero-order valence-electron chi connectivity index (χ0n) is 13.5. The Kier molecular flexibility index (Phi) is 5.57. The molecule has 1 atom stereocenters. The van der Waals surface area contributed by atoms with Crippen LogP contribution < -0.4 is 5.73 Å². The van der Waals surface area contributed by atoms with Crippen LogP contribution in [-0.2, 0) is 6.54 Å². The molecule has 0 fully saturated rings. The maximum absolute atomic E-state index is 6.15. The van der Waals surface area contributed by atoms with Crippen LogP contribution in [0.4, 0.5) is 0 Å². The van der Waals surface area contributed by atoms with Crippen molar-refractivity contribution < 1.29 is 0 Å². The highest BCUT2D eigenvalue weighted by Gasteiger charge is 2.23. The van der Waals surface area contributed by atoms with Crippen molar-refractivity contribution in [3.05, 3.63) is 57.3 Å². The van der Waals surface area contributed by atoms with E-state index in [1.165, 1.54) is 21.6 Å². The van der Waals surface area contributed by atoms with Gasteiger partial charge in [-0.3, -0.25) is 4.90 Å². The summed E-state index contributed by atoms with van der Waals surface area (Å²) in [6.45, 7) is 10.4. The number of aryl methyl sites for hydroxylation is 2. The van der Waals surface area contributed by atoms with E-state index in [-0.39, 0.29) is 6.04 Å². The van der Waals surface area contributed by atoms with Crippen LogP contribution in [0, 0.1) is 13.8 Å². The maximum atomic E-state index is 6.15. The Balaban J connectivity index is 2.33. The van der Waals surface area contributed by atoms with Crippen LogP contribution in [0.3, 0.4) is 0 Å². The van der Waals surface area contributed by atoms with Crippen molar-refractivity contribution in [2.24, 2.45) is 5.73 Å². The monoisotopic (exact) mass is 302 g/mol. The fraction of sp³-hybridized carbons (Fsp3) is 0.444. The average Bonchev–Trinajstić information content (AvgIpc) is 2.95. The van der Waals surface area contributed by atoms with E-state index in [9.17, 15) is 0 Å². The summed E-state index contributed by atoms with van der Waals surface area (Å²) in [5.74, 6) is 0. The fourth-order valence-corrected chi connectivity index (χ4v) is 3.51. The van der Waals surface area contributed by atoms with Gasteiger partial charge in [0, 0.05) is 30.1 Å². The Hall–Kier alpha value is -1.16. The maximum Gasteiger partial charge on any atom is 0.0479 e. The SMILES string of the molecule is Cc1ccc(C)c(C(CN)N(Cc2cccs2)C(C)C)c1. The third-order valence-electron chi connectivity index (χ3n) is 4.00. The Morgan fingerprint density at radius 1 is 1.19 bits per heavy atom. The summed E-state index contributed by atoms with van der Waals surface area (Å²) in [5.41, 5.74) is 10.1. The molecule has 0 aliphatic heterocycles. The number of thiophene rings is 1. The molecule has 2 nitrogen and oxygen atoms in total. The molecule has 3 heteroatoms. The van der Waals surface area contributed by atoms with Crippen molar-refractivity contribution in [1.29, 1.82) is 0 Å². The van der Waals surface area contributed by atoms with Crippen LogP contribution in [-0.4, -0.2) is 17.5 Å². The van der Waals surface area contributed by atoms with Gasteiger partial charge in [0.2, 0.25) is 0 Å². The zero-order valence-corrected chi connectivity index (χ0v) is 14.3. The van der Waals surface area contributed by atoms with Gasteiger partial charge in [-0.05, 0) is 50.3 Å². The molecule has 21 heavy (non-hydrogen) atoms. The molecule has 1 unspecified atom stereocenters. The smallest absolute Gasteiger partial charge is 0.0479 e. The predicted molar refractivity (Wildman–Crippen MR) is 92.7 cm³/mol. The number of hydrogen-bond donors (Lipinski definition) is 1. The van der Waals surface area contributed by atoms with Gasteiger partial charge in [-0.1, -0.05) is 29.8 Å². The molecule has 0 aliphatic rings. The molecule has 2 aromatic rings. The number of rotatable bonds is 6. The standard InChI is InChI=1S/C18H26N2S/c1-13(2)20(12-16-6-5-9-21-16)18(11-19)17-10-14(3)7-8-15(17)4/h5-10,13,18H,11-12,19H2,1-4H3. The van der Waals surface area contributed by atoms with Gasteiger partial charge >= 0.3 is 0 Å². The highest BCUT2D eigenvalue weighted by molar-refractivity contribution is 7.09. The van der Waals surface area contributed by atoms with Crippen molar-refractivity contribution in [3.8, 4) is 0 Å². The second-order valence-corrected chi connectivity index (χ2v) is 6.99. The minimum atomic E-state index is 0.270. The quantitative estimate of drug-likeness (QED) is 0.863. The lowest BCUT2D eigenvalue weighted by atomic mass is 9.96. The van der Waals surface area contributed by atoms with Crippen molar-refractivity contribution in [1.82, 2.24) is 4.90 Å². The Morgan fingerprint density at radius 3 is 2.52 bits per heavy atom. The molecule has 0 amide bonds.